The van der Waals surface area contributed by atoms with Gasteiger partial charge in [0.25, 0.3) is 5.91 Å². The van der Waals surface area contributed by atoms with Crippen LogP contribution in [0.15, 0.2) is 18.2 Å². The van der Waals surface area contributed by atoms with Crippen LogP contribution in [-0.2, 0) is 6.18 Å². The van der Waals surface area contributed by atoms with E-state index in [1.54, 1.807) is 0 Å². The summed E-state index contributed by atoms with van der Waals surface area (Å²) in [5.74, 6) is -1.80. The quantitative estimate of drug-likeness (QED) is 0.753. The highest BCUT2D eigenvalue weighted by atomic mass is 19.4. The van der Waals surface area contributed by atoms with Crippen LogP contribution < -0.4 is 0 Å². The molecular weight excluding hydrogens is 286 g/mol. The first-order valence-electron chi connectivity index (χ1n) is 6.99. The van der Waals surface area contributed by atoms with E-state index < -0.39 is 29.0 Å². The van der Waals surface area contributed by atoms with Gasteiger partial charge < -0.3 is 4.90 Å². The maximum Gasteiger partial charge on any atom is 0.419 e. The molecule has 116 valence electrons. The van der Waals surface area contributed by atoms with Gasteiger partial charge in [-0.15, -0.1) is 0 Å². The molecule has 0 bridgehead atoms. The summed E-state index contributed by atoms with van der Waals surface area (Å²) in [6.07, 6.45) is -2.11. The third-order valence-corrected chi connectivity index (χ3v) is 3.92. The lowest BCUT2D eigenvalue weighted by Crippen LogP contribution is -2.40. The van der Waals surface area contributed by atoms with Gasteiger partial charge >= 0.3 is 6.18 Å². The van der Waals surface area contributed by atoms with E-state index in [4.69, 9.17) is 0 Å². The zero-order valence-corrected chi connectivity index (χ0v) is 11.7. The number of nitrogens with zero attached hydrogens (tertiary/aromatic N) is 1. The molecule has 0 radical (unpaired) electrons. The van der Waals surface area contributed by atoms with Crippen LogP contribution in [0.4, 0.5) is 17.6 Å². The highest BCUT2D eigenvalue weighted by molar-refractivity contribution is 5.94. The average Bonchev–Trinajstić information content (AvgIpc) is 2.45. The number of amides is 1. The Kier molecular flexibility index (Phi) is 4.54. The fourth-order valence-electron chi connectivity index (χ4n) is 2.67. The van der Waals surface area contributed by atoms with Crippen molar-refractivity contribution in [3.63, 3.8) is 0 Å². The topological polar surface area (TPSA) is 20.3 Å². The molecule has 0 N–H and O–H groups in total. The van der Waals surface area contributed by atoms with Crippen molar-refractivity contribution in [1.82, 2.24) is 4.90 Å². The largest absolute Gasteiger partial charge is 0.419 e. The lowest BCUT2D eigenvalue weighted by atomic mass is 9.95. The first-order chi connectivity index (χ1) is 9.84. The SMILES string of the molecule is CCC1CCCN(C(=O)c2cccc(C(F)(F)F)c2F)C1. The molecule has 0 saturated carbocycles. The maximum absolute atomic E-state index is 14.0. The molecule has 1 aliphatic rings. The van der Waals surface area contributed by atoms with E-state index >= 15 is 0 Å². The maximum atomic E-state index is 14.0. The summed E-state index contributed by atoms with van der Waals surface area (Å²) in [7, 11) is 0. The van der Waals surface area contributed by atoms with Gasteiger partial charge in [0.05, 0.1) is 11.1 Å². The minimum absolute atomic E-state index is 0.330. The summed E-state index contributed by atoms with van der Waals surface area (Å²) in [5, 5.41) is 0. The normalized spacial score (nSPS) is 19.7. The van der Waals surface area contributed by atoms with E-state index in [-0.39, 0.29) is 0 Å². The number of likely N-dealkylation sites (tertiary alicyclic amines) is 1. The van der Waals surface area contributed by atoms with E-state index in [2.05, 4.69) is 0 Å². The zero-order chi connectivity index (χ0) is 15.6. The molecule has 2 rings (SSSR count). The van der Waals surface area contributed by atoms with Gasteiger partial charge in [0.15, 0.2) is 0 Å². The van der Waals surface area contributed by atoms with Crippen LogP contribution in [0.2, 0.25) is 0 Å². The monoisotopic (exact) mass is 303 g/mol. The van der Waals surface area contributed by atoms with Crippen molar-refractivity contribution < 1.29 is 22.4 Å². The van der Waals surface area contributed by atoms with E-state index in [1.165, 1.54) is 4.90 Å². The van der Waals surface area contributed by atoms with Gasteiger partial charge in [-0.1, -0.05) is 19.4 Å². The molecule has 1 unspecified atom stereocenters. The van der Waals surface area contributed by atoms with Crippen LogP contribution in [0.1, 0.15) is 42.1 Å². The molecule has 1 aromatic carbocycles. The number of halogens is 4. The first-order valence-corrected chi connectivity index (χ1v) is 6.99. The molecular formula is C15H17F4NO. The third kappa shape index (κ3) is 3.36. The molecule has 1 amide bonds. The van der Waals surface area contributed by atoms with Crippen molar-refractivity contribution in [3.05, 3.63) is 35.1 Å². The Morgan fingerprint density at radius 1 is 1.38 bits per heavy atom. The fraction of sp³-hybridized carbons (Fsp3) is 0.533. The molecule has 0 aromatic heterocycles. The van der Waals surface area contributed by atoms with Crippen LogP contribution in [0, 0.1) is 11.7 Å². The van der Waals surface area contributed by atoms with E-state index in [0.29, 0.717) is 25.1 Å². The summed E-state index contributed by atoms with van der Waals surface area (Å²) in [6, 6.07) is 2.83. The Morgan fingerprint density at radius 3 is 2.71 bits per heavy atom. The van der Waals surface area contributed by atoms with Gasteiger partial charge in [-0.2, -0.15) is 13.2 Å². The summed E-state index contributed by atoms with van der Waals surface area (Å²) in [5.41, 5.74) is -1.89. The molecule has 0 aliphatic carbocycles. The van der Waals surface area contributed by atoms with Crippen molar-refractivity contribution >= 4 is 5.91 Å². The Hall–Kier alpha value is -1.59. The second-order valence-corrected chi connectivity index (χ2v) is 5.33. The highest BCUT2D eigenvalue weighted by Crippen LogP contribution is 2.33. The molecule has 1 fully saturated rings. The van der Waals surface area contributed by atoms with Crippen molar-refractivity contribution in [2.24, 2.45) is 5.92 Å². The van der Waals surface area contributed by atoms with Crippen LogP contribution in [0.5, 0.6) is 0 Å². The first kappa shape index (κ1) is 15.8. The molecule has 1 aromatic rings. The Morgan fingerprint density at radius 2 is 2.10 bits per heavy atom. The van der Waals surface area contributed by atoms with Crippen molar-refractivity contribution in [2.45, 2.75) is 32.4 Å². The molecule has 2 nitrogen and oxygen atoms in total. The van der Waals surface area contributed by atoms with Gasteiger partial charge in [0.2, 0.25) is 0 Å². The second kappa shape index (κ2) is 6.03. The molecule has 21 heavy (non-hydrogen) atoms. The lowest BCUT2D eigenvalue weighted by molar-refractivity contribution is -0.140. The molecule has 0 spiro atoms. The minimum Gasteiger partial charge on any atom is -0.338 e. The Bertz CT molecular complexity index is 527. The fourth-order valence-corrected chi connectivity index (χ4v) is 2.67. The van der Waals surface area contributed by atoms with Gasteiger partial charge in [-0.25, -0.2) is 4.39 Å². The smallest absolute Gasteiger partial charge is 0.338 e. The van der Waals surface area contributed by atoms with E-state index in [1.807, 2.05) is 6.92 Å². The highest BCUT2D eigenvalue weighted by Gasteiger charge is 2.36. The predicted octanol–water partition coefficient (Wildman–Crippen LogP) is 4.11. The van der Waals surface area contributed by atoms with Gasteiger partial charge in [-0.3, -0.25) is 4.79 Å². The number of benzene rings is 1. The molecule has 1 heterocycles. The van der Waals surface area contributed by atoms with Gasteiger partial charge in [0, 0.05) is 13.1 Å². The molecule has 1 saturated heterocycles. The van der Waals surface area contributed by atoms with Crippen LogP contribution in [0.25, 0.3) is 0 Å². The summed E-state index contributed by atoms with van der Waals surface area (Å²) >= 11 is 0. The molecule has 1 atom stereocenters. The predicted molar refractivity (Wildman–Crippen MR) is 70.3 cm³/mol. The van der Waals surface area contributed by atoms with Crippen LogP contribution in [-0.4, -0.2) is 23.9 Å². The van der Waals surface area contributed by atoms with Crippen molar-refractivity contribution in [2.75, 3.05) is 13.1 Å². The summed E-state index contributed by atoms with van der Waals surface area (Å²) in [4.78, 5) is 13.7. The number of alkyl halides is 3. The minimum atomic E-state index is -4.80. The number of hydrogen-bond acceptors (Lipinski definition) is 1. The standard InChI is InChI=1S/C15H17F4NO/c1-2-10-5-4-8-20(9-10)14(21)11-6-3-7-12(13(11)16)15(17,18)19/h3,6-7,10H,2,4-5,8-9H2,1H3. The van der Waals surface area contributed by atoms with Crippen molar-refractivity contribution in [1.29, 1.82) is 0 Å². The number of hydrogen-bond donors (Lipinski definition) is 0. The molecule has 1 aliphatic heterocycles. The lowest BCUT2D eigenvalue weighted by Gasteiger charge is -2.32. The summed E-state index contributed by atoms with van der Waals surface area (Å²) in [6.45, 7) is 2.94. The van der Waals surface area contributed by atoms with Crippen LogP contribution >= 0.6 is 0 Å². The van der Waals surface area contributed by atoms with E-state index in [9.17, 15) is 22.4 Å². The average molecular weight is 303 g/mol. The number of rotatable bonds is 2. The second-order valence-electron chi connectivity index (χ2n) is 5.33. The number of piperidine rings is 1. The van der Waals surface area contributed by atoms with Gasteiger partial charge in [-0.05, 0) is 30.9 Å². The van der Waals surface area contributed by atoms with Crippen molar-refractivity contribution in [3.8, 4) is 0 Å². The number of carbonyl (C=O) groups is 1. The molecule has 6 heteroatoms. The van der Waals surface area contributed by atoms with E-state index in [0.717, 1.165) is 31.4 Å². The number of carbonyl (C=O) groups excluding carboxylic acids is 1. The Balaban J connectivity index is 2.27. The zero-order valence-electron chi connectivity index (χ0n) is 11.7. The Labute approximate surface area is 120 Å². The third-order valence-electron chi connectivity index (χ3n) is 3.92. The van der Waals surface area contributed by atoms with Crippen LogP contribution in [0.3, 0.4) is 0 Å². The summed E-state index contributed by atoms with van der Waals surface area (Å²) < 4.78 is 52.0. The van der Waals surface area contributed by atoms with Gasteiger partial charge in [0.1, 0.15) is 5.82 Å².